The highest BCUT2D eigenvalue weighted by Gasteiger charge is 2.12. The minimum absolute atomic E-state index is 0.349. The van der Waals surface area contributed by atoms with Crippen molar-refractivity contribution in [3.05, 3.63) is 36.0 Å². The molecule has 0 bridgehead atoms. The highest BCUT2D eigenvalue weighted by molar-refractivity contribution is 5.84. The Morgan fingerprint density at radius 1 is 1.13 bits per heavy atom. The van der Waals surface area contributed by atoms with E-state index in [1.807, 2.05) is 12.1 Å². The predicted octanol–water partition coefficient (Wildman–Crippen LogP) is 4.16. The van der Waals surface area contributed by atoms with Crippen LogP contribution in [0.15, 0.2) is 30.5 Å². The van der Waals surface area contributed by atoms with E-state index >= 15 is 0 Å². The molecule has 0 aliphatic carbocycles. The fraction of sp³-hybridized carbons (Fsp3) is 0.333. The van der Waals surface area contributed by atoms with Crippen LogP contribution in [0.25, 0.3) is 10.9 Å². The number of hydrogen-bond donors (Lipinski definition) is 0. The van der Waals surface area contributed by atoms with E-state index in [2.05, 4.69) is 13.8 Å². The van der Waals surface area contributed by atoms with Crippen LogP contribution >= 0.6 is 0 Å². The van der Waals surface area contributed by atoms with E-state index in [4.69, 9.17) is 0 Å². The molecule has 0 aliphatic heterocycles. The van der Waals surface area contributed by atoms with Gasteiger partial charge in [-0.15, -0.1) is 0 Å². The summed E-state index contributed by atoms with van der Waals surface area (Å²) in [6, 6.07) is 7.31. The summed E-state index contributed by atoms with van der Waals surface area (Å²) in [5, 5.41) is 0.924. The van der Waals surface area contributed by atoms with Crippen LogP contribution in [0, 0.1) is 0 Å². The summed E-state index contributed by atoms with van der Waals surface area (Å²) in [5.41, 5.74) is 1.73. The van der Waals surface area contributed by atoms with Crippen molar-refractivity contribution in [1.82, 2.24) is 4.57 Å². The topological polar surface area (TPSA) is 4.93 Å². The van der Waals surface area contributed by atoms with Gasteiger partial charge in [-0.2, -0.15) is 8.78 Å². The highest BCUT2D eigenvalue weighted by atomic mass is 19.3. The fourth-order valence-corrected chi connectivity index (χ4v) is 1.89. The summed E-state index contributed by atoms with van der Waals surface area (Å²) < 4.78 is 26.3. The quantitative estimate of drug-likeness (QED) is 0.699. The van der Waals surface area contributed by atoms with Gasteiger partial charge in [0.15, 0.2) is 0 Å². The molecule has 0 N–H and O–H groups in total. The standard InChI is InChI=1S/C12H13F2N/c1-8(2)9-4-3-5-11-10(9)6-7-15(11)12(13)14/h3-8,12H,1-2H3. The minimum Gasteiger partial charge on any atom is -0.291 e. The maximum atomic E-state index is 12.6. The smallest absolute Gasteiger partial charge is 0.291 e. The molecule has 15 heavy (non-hydrogen) atoms. The Morgan fingerprint density at radius 3 is 2.47 bits per heavy atom. The summed E-state index contributed by atoms with van der Waals surface area (Å²) in [4.78, 5) is 0. The second kappa shape index (κ2) is 3.65. The Morgan fingerprint density at radius 2 is 1.87 bits per heavy atom. The maximum absolute atomic E-state index is 12.6. The molecule has 0 spiro atoms. The molecule has 0 amide bonds. The number of aromatic nitrogens is 1. The molecule has 0 fully saturated rings. The van der Waals surface area contributed by atoms with Crippen molar-refractivity contribution in [3.8, 4) is 0 Å². The normalized spacial score (nSPS) is 11.9. The van der Waals surface area contributed by atoms with E-state index in [-0.39, 0.29) is 0 Å². The Bertz CT molecular complexity index is 471. The third kappa shape index (κ3) is 1.62. The molecule has 2 aromatic rings. The minimum atomic E-state index is -2.47. The third-order valence-electron chi connectivity index (χ3n) is 2.63. The van der Waals surface area contributed by atoms with Gasteiger partial charge in [0, 0.05) is 11.6 Å². The molecule has 2 rings (SSSR count). The average molecular weight is 209 g/mol. The van der Waals surface area contributed by atoms with Gasteiger partial charge in [-0.05, 0) is 23.6 Å². The largest absolute Gasteiger partial charge is 0.319 e. The van der Waals surface area contributed by atoms with Gasteiger partial charge in [-0.3, -0.25) is 4.57 Å². The summed E-state index contributed by atoms with van der Waals surface area (Å²) in [6.07, 6.45) is 1.45. The van der Waals surface area contributed by atoms with Crippen molar-refractivity contribution in [2.45, 2.75) is 26.3 Å². The van der Waals surface area contributed by atoms with E-state index in [0.717, 1.165) is 15.5 Å². The first-order chi connectivity index (χ1) is 7.11. The monoisotopic (exact) mass is 209 g/mol. The van der Waals surface area contributed by atoms with E-state index in [0.29, 0.717) is 11.4 Å². The van der Waals surface area contributed by atoms with Crippen LogP contribution < -0.4 is 0 Å². The van der Waals surface area contributed by atoms with Crippen molar-refractivity contribution >= 4 is 10.9 Å². The lowest BCUT2D eigenvalue weighted by molar-refractivity contribution is 0.0752. The van der Waals surface area contributed by atoms with Gasteiger partial charge in [0.1, 0.15) is 0 Å². The molecular weight excluding hydrogens is 196 g/mol. The zero-order valence-corrected chi connectivity index (χ0v) is 8.74. The van der Waals surface area contributed by atoms with Crippen LogP contribution in [0.2, 0.25) is 0 Å². The molecule has 1 heterocycles. The van der Waals surface area contributed by atoms with Gasteiger partial charge in [-0.1, -0.05) is 26.0 Å². The van der Waals surface area contributed by atoms with Crippen molar-refractivity contribution in [3.63, 3.8) is 0 Å². The Hall–Kier alpha value is -1.38. The molecule has 3 heteroatoms. The molecule has 80 valence electrons. The molecule has 0 aliphatic rings. The van der Waals surface area contributed by atoms with Crippen molar-refractivity contribution in [2.75, 3.05) is 0 Å². The van der Waals surface area contributed by atoms with Crippen LogP contribution in [0.1, 0.15) is 31.9 Å². The van der Waals surface area contributed by atoms with Crippen LogP contribution in [0.3, 0.4) is 0 Å². The number of rotatable bonds is 2. The first-order valence-corrected chi connectivity index (χ1v) is 4.99. The maximum Gasteiger partial charge on any atom is 0.319 e. The Kier molecular flexibility index (Phi) is 2.47. The van der Waals surface area contributed by atoms with Gasteiger partial charge in [0.25, 0.3) is 0 Å². The van der Waals surface area contributed by atoms with E-state index in [9.17, 15) is 8.78 Å². The Labute approximate surface area is 87.3 Å². The van der Waals surface area contributed by atoms with Crippen LogP contribution in [0.5, 0.6) is 0 Å². The van der Waals surface area contributed by atoms with Gasteiger partial charge < -0.3 is 0 Å². The third-order valence-corrected chi connectivity index (χ3v) is 2.63. The molecule has 1 aromatic carbocycles. The summed E-state index contributed by atoms with van der Waals surface area (Å²) in [7, 11) is 0. The number of fused-ring (bicyclic) bond motifs is 1. The predicted molar refractivity (Wildman–Crippen MR) is 57.3 cm³/mol. The van der Waals surface area contributed by atoms with Crippen molar-refractivity contribution in [2.24, 2.45) is 0 Å². The van der Waals surface area contributed by atoms with Crippen molar-refractivity contribution in [1.29, 1.82) is 0 Å². The van der Waals surface area contributed by atoms with E-state index in [1.165, 1.54) is 6.20 Å². The molecule has 0 unspecified atom stereocenters. The fourth-order valence-electron chi connectivity index (χ4n) is 1.89. The average Bonchev–Trinajstić information content (AvgIpc) is 2.59. The molecule has 1 aromatic heterocycles. The van der Waals surface area contributed by atoms with Gasteiger partial charge in [0.05, 0.1) is 5.52 Å². The van der Waals surface area contributed by atoms with Crippen molar-refractivity contribution < 1.29 is 8.78 Å². The molecular formula is C12H13F2N. The summed E-state index contributed by atoms with van der Waals surface area (Å²) in [5.74, 6) is 0.349. The van der Waals surface area contributed by atoms with Crippen LogP contribution in [-0.2, 0) is 0 Å². The SMILES string of the molecule is CC(C)c1cccc2c1ccn2C(F)F. The second-order valence-corrected chi connectivity index (χ2v) is 3.94. The lowest BCUT2D eigenvalue weighted by Gasteiger charge is -2.08. The lowest BCUT2D eigenvalue weighted by Crippen LogP contribution is -1.95. The molecule has 0 saturated heterocycles. The van der Waals surface area contributed by atoms with Crippen LogP contribution in [-0.4, -0.2) is 4.57 Å². The number of benzene rings is 1. The molecule has 0 saturated carbocycles. The first kappa shape index (κ1) is 10.1. The van der Waals surface area contributed by atoms with Gasteiger partial charge >= 0.3 is 6.55 Å². The number of alkyl halides is 2. The molecule has 0 radical (unpaired) electrons. The summed E-state index contributed by atoms with van der Waals surface area (Å²) >= 11 is 0. The highest BCUT2D eigenvalue weighted by Crippen LogP contribution is 2.28. The van der Waals surface area contributed by atoms with Gasteiger partial charge in [0.2, 0.25) is 0 Å². The number of halogens is 2. The number of hydrogen-bond acceptors (Lipinski definition) is 0. The van der Waals surface area contributed by atoms with E-state index in [1.54, 1.807) is 12.1 Å². The second-order valence-electron chi connectivity index (χ2n) is 3.94. The lowest BCUT2D eigenvalue weighted by atomic mass is 9.99. The van der Waals surface area contributed by atoms with E-state index < -0.39 is 6.55 Å². The Balaban J connectivity index is 2.69. The summed E-state index contributed by atoms with van der Waals surface area (Å²) in [6.45, 7) is 1.66. The zero-order valence-electron chi connectivity index (χ0n) is 8.74. The molecule has 1 nitrogen and oxygen atoms in total. The first-order valence-electron chi connectivity index (χ1n) is 4.99. The van der Waals surface area contributed by atoms with Gasteiger partial charge in [-0.25, -0.2) is 0 Å². The molecule has 0 atom stereocenters. The number of nitrogens with zero attached hydrogens (tertiary/aromatic N) is 1. The van der Waals surface area contributed by atoms with Crippen LogP contribution in [0.4, 0.5) is 8.78 Å². The zero-order chi connectivity index (χ0) is 11.0.